The topological polar surface area (TPSA) is 94.4 Å². The second-order valence-electron chi connectivity index (χ2n) is 8.31. The summed E-state index contributed by atoms with van der Waals surface area (Å²) >= 11 is 0. The number of rotatable bonds is 8. The molecule has 4 rings (SSSR count). The van der Waals surface area contributed by atoms with Crippen molar-refractivity contribution in [3.8, 4) is 17.0 Å². The average Bonchev–Trinajstić information content (AvgIpc) is 3.11. The fourth-order valence-corrected chi connectivity index (χ4v) is 4.59. The SMILES string of the molecule is Cc1cc(OCCCC2(C(=O)NCC(F)(F)F)c3ccccc3-c3ccccc32)ncc1[N+](=O)[O-]. The minimum atomic E-state index is -4.54. The van der Waals surface area contributed by atoms with Crippen LogP contribution in [0.4, 0.5) is 18.9 Å². The van der Waals surface area contributed by atoms with Crippen LogP contribution >= 0.6 is 0 Å². The summed E-state index contributed by atoms with van der Waals surface area (Å²) in [5, 5.41) is 13.1. The fourth-order valence-electron chi connectivity index (χ4n) is 4.59. The molecule has 1 heterocycles. The number of nitrogens with zero attached hydrogens (tertiary/aromatic N) is 2. The zero-order chi connectivity index (χ0) is 25.2. The first-order chi connectivity index (χ1) is 16.6. The van der Waals surface area contributed by atoms with E-state index < -0.39 is 29.0 Å². The lowest BCUT2D eigenvalue weighted by molar-refractivity contribution is -0.385. The molecule has 0 fully saturated rings. The molecular formula is C25H22F3N3O4. The molecule has 35 heavy (non-hydrogen) atoms. The van der Waals surface area contributed by atoms with E-state index in [2.05, 4.69) is 10.3 Å². The summed E-state index contributed by atoms with van der Waals surface area (Å²) in [6, 6.07) is 15.9. The lowest BCUT2D eigenvalue weighted by Crippen LogP contribution is -2.47. The van der Waals surface area contributed by atoms with Gasteiger partial charge in [-0.05, 0) is 42.0 Å². The predicted octanol–water partition coefficient (Wildman–Crippen LogP) is 5.10. The molecule has 1 aliphatic rings. The van der Waals surface area contributed by atoms with Gasteiger partial charge in [-0.1, -0.05) is 48.5 Å². The predicted molar refractivity (Wildman–Crippen MR) is 122 cm³/mol. The number of carbonyl (C=O) groups excluding carboxylic acids is 1. The molecule has 0 radical (unpaired) electrons. The van der Waals surface area contributed by atoms with Gasteiger partial charge in [-0.15, -0.1) is 0 Å². The third-order valence-corrected chi connectivity index (χ3v) is 6.10. The van der Waals surface area contributed by atoms with E-state index in [1.807, 2.05) is 24.3 Å². The van der Waals surface area contributed by atoms with Crippen LogP contribution in [0.15, 0.2) is 60.8 Å². The van der Waals surface area contributed by atoms with E-state index in [9.17, 15) is 28.1 Å². The monoisotopic (exact) mass is 485 g/mol. The number of fused-ring (bicyclic) bond motifs is 3. The van der Waals surface area contributed by atoms with E-state index in [1.54, 1.807) is 31.2 Å². The summed E-state index contributed by atoms with van der Waals surface area (Å²) < 4.78 is 44.5. The number of aryl methyl sites for hydroxylation is 1. The number of amides is 1. The maximum absolute atomic E-state index is 13.4. The number of benzene rings is 2. The second kappa shape index (κ2) is 9.36. The highest BCUT2D eigenvalue weighted by atomic mass is 19.4. The van der Waals surface area contributed by atoms with Crippen molar-refractivity contribution in [2.75, 3.05) is 13.2 Å². The summed E-state index contributed by atoms with van der Waals surface area (Å²) in [6.45, 7) is 0.252. The first-order valence-electron chi connectivity index (χ1n) is 10.9. The molecule has 3 aromatic rings. The van der Waals surface area contributed by atoms with Gasteiger partial charge >= 0.3 is 6.18 Å². The van der Waals surface area contributed by atoms with Gasteiger partial charge in [-0.25, -0.2) is 4.98 Å². The first-order valence-corrected chi connectivity index (χ1v) is 10.9. The summed E-state index contributed by atoms with van der Waals surface area (Å²) in [5.74, 6) is -0.535. The minimum Gasteiger partial charge on any atom is -0.478 e. The van der Waals surface area contributed by atoms with Gasteiger partial charge < -0.3 is 10.1 Å². The summed E-state index contributed by atoms with van der Waals surface area (Å²) in [4.78, 5) is 27.8. The standard InChI is InChI=1S/C25H22F3N3O4/c1-16-13-22(29-14-21(16)31(33)34)35-12-6-11-24(23(32)30-15-25(26,27)28)19-9-4-2-7-17(19)18-8-3-5-10-20(18)24/h2-5,7-10,13-14H,6,11-12,15H2,1H3,(H,30,32). The van der Waals surface area contributed by atoms with Crippen LogP contribution in [-0.2, 0) is 10.2 Å². The number of nitrogens with one attached hydrogen (secondary N) is 1. The normalized spacial score (nSPS) is 13.6. The van der Waals surface area contributed by atoms with Crippen LogP contribution in [0.2, 0.25) is 0 Å². The molecule has 1 aliphatic carbocycles. The van der Waals surface area contributed by atoms with Gasteiger partial charge in [-0.2, -0.15) is 13.2 Å². The Kier molecular flexibility index (Phi) is 6.47. The molecule has 7 nitrogen and oxygen atoms in total. The highest BCUT2D eigenvalue weighted by molar-refractivity contribution is 6.00. The van der Waals surface area contributed by atoms with E-state index in [4.69, 9.17) is 4.74 Å². The molecular weight excluding hydrogens is 463 g/mol. The van der Waals surface area contributed by atoms with Crippen molar-refractivity contribution in [2.24, 2.45) is 0 Å². The van der Waals surface area contributed by atoms with Crippen molar-refractivity contribution < 1.29 is 27.6 Å². The summed E-state index contributed by atoms with van der Waals surface area (Å²) in [7, 11) is 0. The van der Waals surface area contributed by atoms with Gasteiger partial charge in [-0.3, -0.25) is 14.9 Å². The number of alkyl halides is 3. The van der Waals surface area contributed by atoms with E-state index in [-0.39, 0.29) is 24.6 Å². The van der Waals surface area contributed by atoms with Crippen molar-refractivity contribution in [1.82, 2.24) is 10.3 Å². The zero-order valence-electron chi connectivity index (χ0n) is 18.8. The van der Waals surface area contributed by atoms with Crippen LogP contribution in [0.1, 0.15) is 29.5 Å². The van der Waals surface area contributed by atoms with Crippen LogP contribution < -0.4 is 10.1 Å². The molecule has 0 aliphatic heterocycles. The Hall–Kier alpha value is -3.95. The van der Waals surface area contributed by atoms with Crippen LogP contribution in [0.3, 0.4) is 0 Å². The van der Waals surface area contributed by atoms with Crippen molar-refractivity contribution in [3.05, 3.63) is 87.6 Å². The van der Waals surface area contributed by atoms with Gasteiger partial charge in [0.15, 0.2) is 0 Å². The first kappa shape index (κ1) is 24.2. The van der Waals surface area contributed by atoms with Crippen molar-refractivity contribution in [1.29, 1.82) is 0 Å². The number of carbonyl (C=O) groups is 1. The van der Waals surface area contributed by atoms with Gasteiger partial charge in [0.25, 0.3) is 5.69 Å². The van der Waals surface area contributed by atoms with Crippen LogP contribution in [0.25, 0.3) is 11.1 Å². The van der Waals surface area contributed by atoms with E-state index >= 15 is 0 Å². The summed E-state index contributed by atoms with van der Waals surface area (Å²) in [5.41, 5.74) is 1.84. The number of halogens is 3. The van der Waals surface area contributed by atoms with Crippen LogP contribution in [0.5, 0.6) is 5.88 Å². The highest BCUT2D eigenvalue weighted by Gasteiger charge is 2.49. The zero-order valence-corrected chi connectivity index (χ0v) is 18.8. The lowest BCUT2D eigenvalue weighted by Gasteiger charge is -2.31. The van der Waals surface area contributed by atoms with Gasteiger partial charge in [0, 0.05) is 11.6 Å². The Morgan fingerprint density at radius 3 is 2.26 bits per heavy atom. The molecule has 1 aromatic heterocycles. The molecule has 0 saturated heterocycles. The van der Waals surface area contributed by atoms with Crippen LogP contribution in [-0.4, -0.2) is 35.1 Å². The Labute approximate surface area is 199 Å². The molecule has 0 spiro atoms. The molecule has 1 amide bonds. The summed E-state index contributed by atoms with van der Waals surface area (Å²) in [6.07, 6.45) is -2.92. The van der Waals surface area contributed by atoms with Crippen molar-refractivity contribution >= 4 is 11.6 Å². The highest BCUT2D eigenvalue weighted by Crippen LogP contribution is 2.51. The lowest BCUT2D eigenvalue weighted by atomic mass is 9.73. The average molecular weight is 485 g/mol. The number of aromatic nitrogens is 1. The Morgan fingerprint density at radius 1 is 1.11 bits per heavy atom. The minimum absolute atomic E-state index is 0.114. The van der Waals surface area contributed by atoms with Gasteiger partial charge in [0.2, 0.25) is 11.8 Å². The van der Waals surface area contributed by atoms with E-state index in [0.717, 1.165) is 17.3 Å². The van der Waals surface area contributed by atoms with Crippen molar-refractivity contribution in [3.63, 3.8) is 0 Å². The largest absolute Gasteiger partial charge is 0.478 e. The van der Waals surface area contributed by atoms with Crippen molar-refractivity contribution in [2.45, 2.75) is 31.4 Å². The third kappa shape index (κ3) is 4.68. The van der Waals surface area contributed by atoms with Crippen LogP contribution in [0, 0.1) is 17.0 Å². The molecule has 0 bridgehead atoms. The second-order valence-corrected chi connectivity index (χ2v) is 8.31. The fraction of sp³-hybridized carbons (Fsp3) is 0.280. The quantitative estimate of drug-likeness (QED) is 0.272. The number of ether oxygens (including phenoxy) is 1. The number of hydrogen-bond donors (Lipinski definition) is 1. The Balaban J connectivity index is 1.60. The Morgan fingerprint density at radius 2 is 1.71 bits per heavy atom. The van der Waals surface area contributed by atoms with E-state index in [0.29, 0.717) is 23.1 Å². The van der Waals surface area contributed by atoms with Gasteiger partial charge in [0.05, 0.1) is 11.5 Å². The number of hydrogen-bond acceptors (Lipinski definition) is 5. The smallest absolute Gasteiger partial charge is 0.405 e. The molecule has 1 N–H and O–H groups in total. The van der Waals surface area contributed by atoms with Gasteiger partial charge in [0.1, 0.15) is 18.2 Å². The molecule has 10 heteroatoms. The molecule has 0 saturated carbocycles. The number of nitro groups is 1. The molecule has 0 atom stereocenters. The number of pyridine rings is 1. The molecule has 0 unspecified atom stereocenters. The third-order valence-electron chi connectivity index (χ3n) is 6.10. The maximum atomic E-state index is 13.4. The maximum Gasteiger partial charge on any atom is 0.405 e. The Bertz CT molecular complexity index is 1230. The van der Waals surface area contributed by atoms with E-state index in [1.165, 1.54) is 6.07 Å². The molecule has 2 aromatic carbocycles. The molecule has 182 valence electrons.